The van der Waals surface area contributed by atoms with E-state index in [4.69, 9.17) is 0 Å². The van der Waals surface area contributed by atoms with Gasteiger partial charge in [0.05, 0.1) is 11.3 Å². The zero-order chi connectivity index (χ0) is 14.8. The third-order valence-corrected chi connectivity index (χ3v) is 4.39. The summed E-state index contributed by atoms with van der Waals surface area (Å²) in [5, 5.41) is 17.1. The molecule has 0 unspecified atom stereocenters. The lowest BCUT2D eigenvalue weighted by Crippen LogP contribution is -2.08. The van der Waals surface area contributed by atoms with Gasteiger partial charge in [0, 0.05) is 18.3 Å². The molecule has 1 aliphatic heterocycles. The Morgan fingerprint density at radius 3 is 2.81 bits per heavy atom. The molecular weight excluding hydrogens is 270 g/mol. The van der Waals surface area contributed by atoms with Crippen molar-refractivity contribution in [1.82, 2.24) is 0 Å². The predicted octanol–water partition coefficient (Wildman–Crippen LogP) is 3.08. The van der Waals surface area contributed by atoms with Crippen molar-refractivity contribution in [2.75, 3.05) is 17.2 Å². The normalized spacial score (nSPS) is 17.6. The van der Waals surface area contributed by atoms with Crippen molar-refractivity contribution in [3.8, 4) is 0 Å². The zero-order valence-corrected chi connectivity index (χ0v) is 11.9. The van der Waals surface area contributed by atoms with Crippen LogP contribution in [0.1, 0.15) is 37.7 Å². The standard InChI is InChI=1S/C15H19N3O3/c19-15-8-11-7-14(18(20)21)13(9-12(11)17-15)16-6-5-10-3-1-2-4-10/h7,9-10,16H,1-6,8H2,(H,17,19). The molecule has 6 nitrogen and oxygen atoms in total. The number of rotatable bonds is 5. The van der Waals surface area contributed by atoms with Gasteiger partial charge in [-0.3, -0.25) is 14.9 Å². The van der Waals surface area contributed by atoms with Gasteiger partial charge in [-0.05, 0) is 24.0 Å². The van der Waals surface area contributed by atoms with Crippen molar-refractivity contribution in [2.45, 2.75) is 38.5 Å². The molecule has 2 aliphatic rings. The first kappa shape index (κ1) is 13.9. The van der Waals surface area contributed by atoms with E-state index in [1.54, 1.807) is 6.07 Å². The van der Waals surface area contributed by atoms with Crippen molar-refractivity contribution < 1.29 is 9.72 Å². The second-order valence-electron chi connectivity index (χ2n) is 5.87. The monoisotopic (exact) mass is 289 g/mol. The Balaban J connectivity index is 1.72. The molecule has 0 radical (unpaired) electrons. The first-order valence-electron chi connectivity index (χ1n) is 7.48. The molecule has 1 amide bonds. The lowest BCUT2D eigenvalue weighted by atomic mass is 10.0. The Bertz CT molecular complexity index is 580. The molecule has 112 valence electrons. The summed E-state index contributed by atoms with van der Waals surface area (Å²) in [5.41, 5.74) is 1.94. The number of nitrogens with zero attached hydrogens (tertiary/aromatic N) is 1. The van der Waals surface area contributed by atoms with Gasteiger partial charge in [-0.25, -0.2) is 0 Å². The molecule has 1 aliphatic carbocycles. The number of benzene rings is 1. The maximum atomic E-state index is 11.4. The van der Waals surface area contributed by atoms with E-state index in [9.17, 15) is 14.9 Å². The Labute approximate surface area is 123 Å². The first-order valence-corrected chi connectivity index (χ1v) is 7.48. The molecule has 1 aromatic carbocycles. The maximum absolute atomic E-state index is 11.4. The molecule has 1 aromatic rings. The number of carbonyl (C=O) groups excluding carboxylic acids is 1. The van der Waals surface area contributed by atoms with Crippen molar-refractivity contribution in [3.63, 3.8) is 0 Å². The number of nitro benzene ring substituents is 1. The smallest absolute Gasteiger partial charge is 0.292 e. The molecule has 21 heavy (non-hydrogen) atoms. The van der Waals surface area contributed by atoms with Gasteiger partial charge in [0.2, 0.25) is 5.91 Å². The van der Waals surface area contributed by atoms with Crippen LogP contribution in [0.5, 0.6) is 0 Å². The summed E-state index contributed by atoms with van der Waals surface area (Å²) in [5.74, 6) is 0.632. The average molecular weight is 289 g/mol. The van der Waals surface area contributed by atoms with Crippen LogP contribution in [0.15, 0.2) is 12.1 Å². The van der Waals surface area contributed by atoms with E-state index in [1.165, 1.54) is 31.7 Å². The van der Waals surface area contributed by atoms with Gasteiger partial charge in [0.1, 0.15) is 5.69 Å². The fourth-order valence-corrected chi connectivity index (χ4v) is 3.26. The summed E-state index contributed by atoms with van der Waals surface area (Å²) < 4.78 is 0. The van der Waals surface area contributed by atoms with Crippen LogP contribution in [0.25, 0.3) is 0 Å². The molecule has 1 fully saturated rings. The second-order valence-corrected chi connectivity index (χ2v) is 5.87. The lowest BCUT2D eigenvalue weighted by Gasteiger charge is -2.12. The Morgan fingerprint density at radius 1 is 1.33 bits per heavy atom. The Hall–Kier alpha value is -2.11. The fraction of sp³-hybridized carbons (Fsp3) is 0.533. The molecule has 1 saturated carbocycles. The van der Waals surface area contributed by atoms with E-state index in [2.05, 4.69) is 10.6 Å². The van der Waals surface area contributed by atoms with E-state index < -0.39 is 0 Å². The van der Waals surface area contributed by atoms with Gasteiger partial charge in [-0.1, -0.05) is 25.7 Å². The predicted molar refractivity (Wildman–Crippen MR) is 80.5 cm³/mol. The average Bonchev–Trinajstić information content (AvgIpc) is 3.05. The molecule has 0 atom stereocenters. The summed E-state index contributed by atoms with van der Waals surface area (Å²) >= 11 is 0. The van der Waals surface area contributed by atoms with Crippen LogP contribution in [0.3, 0.4) is 0 Å². The van der Waals surface area contributed by atoms with Crippen LogP contribution in [-0.2, 0) is 11.2 Å². The number of carbonyl (C=O) groups is 1. The Morgan fingerprint density at radius 2 is 2.10 bits per heavy atom. The SMILES string of the molecule is O=C1Cc2cc([N+](=O)[O-])c(NCCC3CCCC3)cc2N1. The van der Waals surface area contributed by atoms with E-state index in [0.29, 0.717) is 16.9 Å². The third kappa shape index (κ3) is 2.99. The maximum Gasteiger partial charge on any atom is 0.292 e. The Kier molecular flexibility index (Phi) is 3.77. The van der Waals surface area contributed by atoms with Crippen LogP contribution in [-0.4, -0.2) is 17.4 Å². The van der Waals surface area contributed by atoms with Gasteiger partial charge in [0.15, 0.2) is 0 Å². The number of anilines is 2. The van der Waals surface area contributed by atoms with Gasteiger partial charge in [0.25, 0.3) is 5.69 Å². The lowest BCUT2D eigenvalue weighted by molar-refractivity contribution is -0.384. The van der Waals surface area contributed by atoms with E-state index in [0.717, 1.165) is 18.9 Å². The number of nitrogens with one attached hydrogen (secondary N) is 2. The molecule has 3 rings (SSSR count). The highest BCUT2D eigenvalue weighted by atomic mass is 16.6. The minimum absolute atomic E-state index is 0.0525. The van der Waals surface area contributed by atoms with E-state index >= 15 is 0 Å². The van der Waals surface area contributed by atoms with Gasteiger partial charge in [-0.2, -0.15) is 0 Å². The van der Waals surface area contributed by atoms with Crippen LogP contribution < -0.4 is 10.6 Å². The number of amides is 1. The highest BCUT2D eigenvalue weighted by Gasteiger charge is 2.24. The van der Waals surface area contributed by atoms with Gasteiger partial charge in [-0.15, -0.1) is 0 Å². The largest absolute Gasteiger partial charge is 0.379 e. The van der Waals surface area contributed by atoms with Gasteiger partial charge >= 0.3 is 0 Å². The minimum Gasteiger partial charge on any atom is -0.379 e. The van der Waals surface area contributed by atoms with Crippen LogP contribution >= 0.6 is 0 Å². The summed E-state index contributed by atoms with van der Waals surface area (Å²) in [4.78, 5) is 22.2. The summed E-state index contributed by atoms with van der Waals surface area (Å²) in [6.07, 6.45) is 6.40. The zero-order valence-electron chi connectivity index (χ0n) is 11.9. The quantitative estimate of drug-likeness (QED) is 0.644. The highest BCUT2D eigenvalue weighted by Crippen LogP contribution is 2.35. The summed E-state index contributed by atoms with van der Waals surface area (Å²) in [7, 11) is 0. The van der Waals surface area contributed by atoms with E-state index in [1.807, 2.05) is 0 Å². The molecule has 2 N–H and O–H groups in total. The number of hydrogen-bond donors (Lipinski definition) is 2. The van der Waals surface area contributed by atoms with Crippen molar-refractivity contribution in [3.05, 3.63) is 27.8 Å². The molecular formula is C15H19N3O3. The molecule has 0 saturated heterocycles. The number of fused-ring (bicyclic) bond motifs is 1. The van der Waals surface area contributed by atoms with Crippen molar-refractivity contribution in [2.24, 2.45) is 5.92 Å². The fourth-order valence-electron chi connectivity index (χ4n) is 3.26. The number of hydrogen-bond acceptors (Lipinski definition) is 4. The summed E-state index contributed by atoms with van der Waals surface area (Å²) in [6, 6.07) is 3.19. The summed E-state index contributed by atoms with van der Waals surface area (Å²) in [6.45, 7) is 0.734. The third-order valence-electron chi connectivity index (χ3n) is 4.39. The number of nitro groups is 1. The molecule has 1 heterocycles. The van der Waals surface area contributed by atoms with Crippen molar-refractivity contribution in [1.29, 1.82) is 0 Å². The topological polar surface area (TPSA) is 84.3 Å². The second kappa shape index (κ2) is 5.71. The van der Waals surface area contributed by atoms with E-state index in [-0.39, 0.29) is 22.9 Å². The molecule has 0 spiro atoms. The van der Waals surface area contributed by atoms with Crippen molar-refractivity contribution >= 4 is 23.0 Å². The van der Waals surface area contributed by atoms with Crippen LogP contribution in [0, 0.1) is 16.0 Å². The first-order chi connectivity index (χ1) is 10.1. The highest BCUT2D eigenvalue weighted by molar-refractivity contribution is 6.00. The van der Waals surface area contributed by atoms with Crippen LogP contribution in [0.2, 0.25) is 0 Å². The van der Waals surface area contributed by atoms with Gasteiger partial charge < -0.3 is 10.6 Å². The van der Waals surface area contributed by atoms with Crippen LogP contribution in [0.4, 0.5) is 17.1 Å². The minimum atomic E-state index is -0.388. The molecule has 0 aromatic heterocycles. The molecule has 0 bridgehead atoms. The molecule has 6 heteroatoms.